The second-order valence-corrected chi connectivity index (χ2v) is 3.43. The monoisotopic (exact) mass is 198 g/mol. The van der Waals surface area contributed by atoms with E-state index in [1.54, 1.807) is 7.11 Å². The molecule has 0 radical (unpaired) electrons. The Morgan fingerprint density at radius 2 is 2.15 bits per heavy atom. The molecule has 0 atom stereocenters. The van der Waals surface area contributed by atoms with Gasteiger partial charge in [-0.2, -0.15) is 0 Å². The van der Waals surface area contributed by atoms with Crippen molar-refractivity contribution in [2.45, 2.75) is 19.8 Å². The highest BCUT2D eigenvalue weighted by atomic mass is 35.5. The van der Waals surface area contributed by atoms with Crippen LogP contribution >= 0.6 is 11.6 Å². The number of halogens is 1. The van der Waals surface area contributed by atoms with Crippen molar-refractivity contribution < 1.29 is 4.74 Å². The molecule has 1 nitrogen and oxygen atoms in total. The van der Waals surface area contributed by atoms with Gasteiger partial charge in [0.05, 0.1) is 7.11 Å². The van der Waals surface area contributed by atoms with Crippen LogP contribution in [0.3, 0.4) is 0 Å². The van der Waals surface area contributed by atoms with Gasteiger partial charge >= 0.3 is 0 Å². The first-order chi connectivity index (χ1) is 6.29. The van der Waals surface area contributed by atoms with Gasteiger partial charge in [-0.15, -0.1) is 11.6 Å². The first-order valence-corrected chi connectivity index (χ1v) is 5.01. The standard InChI is InChI=1S/C11H15ClO/c1-9-5-3-7-11(13-2)10(9)6-4-8-12/h3,5,7H,4,6,8H2,1-2H3. The summed E-state index contributed by atoms with van der Waals surface area (Å²) < 4.78 is 5.28. The lowest BCUT2D eigenvalue weighted by molar-refractivity contribution is 0.409. The average molecular weight is 199 g/mol. The highest BCUT2D eigenvalue weighted by Crippen LogP contribution is 2.23. The molecule has 72 valence electrons. The Balaban J connectivity index is 2.87. The maximum absolute atomic E-state index is 5.66. The van der Waals surface area contributed by atoms with E-state index in [1.807, 2.05) is 12.1 Å². The molecule has 0 aliphatic heterocycles. The molecule has 0 N–H and O–H groups in total. The smallest absolute Gasteiger partial charge is 0.122 e. The molecule has 0 bridgehead atoms. The number of methoxy groups -OCH3 is 1. The largest absolute Gasteiger partial charge is 0.496 e. The van der Waals surface area contributed by atoms with Gasteiger partial charge in [0, 0.05) is 5.88 Å². The summed E-state index contributed by atoms with van der Waals surface area (Å²) in [6.07, 6.45) is 2.00. The van der Waals surface area contributed by atoms with E-state index in [4.69, 9.17) is 16.3 Å². The molecule has 2 heteroatoms. The van der Waals surface area contributed by atoms with Crippen LogP contribution in [0.4, 0.5) is 0 Å². The number of hydrogen-bond donors (Lipinski definition) is 0. The summed E-state index contributed by atoms with van der Waals surface area (Å²) in [5.41, 5.74) is 2.56. The molecule has 0 unspecified atom stereocenters. The quantitative estimate of drug-likeness (QED) is 0.676. The van der Waals surface area contributed by atoms with Crippen LogP contribution in [0.25, 0.3) is 0 Å². The van der Waals surface area contributed by atoms with Gasteiger partial charge in [0.2, 0.25) is 0 Å². The maximum Gasteiger partial charge on any atom is 0.122 e. The molecule has 0 spiro atoms. The lowest BCUT2D eigenvalue weighted by atomic mass is 10.0. The predicted molar refractivity (Wildman–Crippen MR) is 56.8 cm³/mol. The molecule has 0 heterocycles. The van der Waals surface area contributed by atoms with Crippen LogP contribution in [-0.2, 0) is 6.42 Å². The van der Waals surface area contributed by atoms with Crippen LogP contribution in [0.5, 0.6) is 5.75 Å². The lowest BCUT2D eigenvalue weighted by Crippen LogP contribution is -1.95. The average Bonchev–Trinajstić information content (AvgIpc) is 2.15. The fraction of sp³-hybridized carbons (Fsp3) is 0.455. The van der Waals surface area contributed by atoms with Crippen molar-refractivity contribution in [2.24, 2.45) is 0 Å². The van der Waals surface area contributed by atoms with Crippen LogP contribution < -0.4 is 4.74 Å². The Kier molecular flexibility index (Phi) is 4.10. The number of benzene rings is 1. The van der Waals surface area contributed by atoms with E-state index >= 15 is 0 Å². The fourth-order valence-corrected chi connectivity index (χ4v) is 1.56. The Hall–Kier alpha value is -0.690. The third-order valence-corrected chi connectivity index (χ3v) is 2.41. The summed E-state index contributed by atoms with van der Waals surface area (Å²) in [7, 11) is 1.71. The highest BCUT2D eigenvalue weighted by Gasteiger charge is 2.04. The number of ether oxygens (including phenoxy) is 1. The molecule has 0 saturated carbocycles. The number of aryl methyl sites for hydroxylation is 1. The third-order valence-electron chi connectivity index (χ3n) is 2.15. The first kappa shape index (κ1) is 10.4. The van der Waals surface area contributed by atoms with Crippen molar-refractivity contribution in [3.8, 4) is 5.75 Å². The molecular formula is C11H15ClO. The van der Waals surface area contributed by atoms with Gasteiger partial charge in [0.1, 0.15) is 5.75 Å². The van der Waals surface area contributed by atoms with Gasteiger partial charge in [0.15, 0.2) is 0 Å². The van der Waals surface area contributed by atoms with E-state index < -0.39 is 0 Å². The Labute approximate surface area is 84.7 Å². The summed E-state index contributed by atoms with van der Waals surface area (Å²) in [5, 5.41) is 0. The molecule has 13 heavy (non-hydrogen) atoms. The van der Waals surface area contributed by atoms with Crippen molar-refractivity contribution in [1.29, 1.82) is 0 Å². The molecule has 1 aromatic carbocycles. The number of alkyl halides is 1. The van der Waals surface area contributed by atoms with Crippen LogP contribution in [0, 0.1) is 6.92 Å². The minimum Gasteiger partial charge on any atom is -0.496 e. The maximum atomic E-state index is 5.66. The SMILES string of the molecule is COc1cccc(C)c1CCCCl. The summed E-state index contributed by atoms with van der Waals surface area (Å²) >= 11 is 5.66. The molecular weight excluding hydrogens is 184 g/mol. The Morgan fingerprint density at radius 3 is 2.77 bits per heavy atom. The topological polar surface area (TPSA) is 9.23 Å². The van der Waals surface area contributed by atoms with Crippen molar-refractivity contribution in [2.75, 3.05) is 13.0 Å². The zero-order valence-electron chi connectivity index (χ0n) is 8.14. The van der Waals surface area contributed by atoms with Gasteiger partial charge in [-0.1, -0.05) is 12.1 Å². The third kappa shape index (κ3) is 2.63. The van der Waals surface area contributed by atoms with Crippen molar-refractivity contribution in [1.82, 2.24) is 0 Å². The lowest BCUT2D eigenvalue weighted by Gasteiger charge is -2.10. The minimum atomic E-state index is 0.706. The van der Waals surface area contributed by atoms with Gasteiger partial charge in [0.25, 0.3) is 0 Å². The molecule has 0 aromatic heterocycles. The number of rotatable bonds is 4. The van der Waals surface area contributed by atoms with Gasteiger partial charge in [-0.05, 0) is 37.0 Å². The van der Waals surface area contributed by atoms with Crippen LogP contribution in [0.1, 0.15) is 17.5 Å². The van der Waals surface area contributed by atoms with Gasteiger partial charge in [-0.3, -0.25) is 0 Å². The fourth-order valence-electron chi connectivity index (χ4n) is 1.43. The summed E-state index contributed by atoms with van der Waals surface area (Å²) in [4.78, 5) is 0. The molecule has 0 fully saturated rings. The normalized spacial score (nSPS) is 10.1. The van der Waals surface area contributed by atoms with Crippen molar-refractivity contribution in [3.05, 3.63) is 29.3 Å². The van der Waals surface area contributed by atoms with E-state index in [1.165, 1.54) is 11.1 Å². The van der Waals surface area contributed by atoms with E-state index in [0.29, 0.717) is 5.88 Å². The summed E-state index contributed by atoms with van der Waals surface area (Å²) in [6.45, 7) is 2.10. The first-order valence-electron chi connectivity index (χ1n) is 4.48. The molecule has 1 aromatic rings. The zero-order chi connectivity index (χ0) is 9.68. The molecule has 0 amide bonds. The minimum absolute atomic E-state index is 0.706. The second kappa shape index (κ2) is 5.13. The zero-order valence-corrected chi connectivity index (χ0v) is 8.90. The molecule has 0 saturated heterocycles. The highest BCUT2D eigenvalue weighted by molar-refractivity contribution is 6.17. The van der Waals surface area contributed by atoms with E-state index in [9.17, 15) is 0 Å². The van der Waals surface area contributed by atoms with Crippen LogP contribution in [0.2, 0.25) is 0 Å². The van der Waals surface area contributed by atoms with E-state index in [2.05, 4.69) is 13.0 Å². The van der Waals surface area contributed by atoms with Gasteiger partial charge in [-0.25, -0.2) is 0 Å². The molecule has 0 aliphatic carbocycles. The van der Waals surface area contributed by atoms with Crippen molar-refractivity contribution in [3.63, 3.8) is 0 Å². The van der Waals surface area contributed by atoms with Gasteiger partial charge < -0.3 is 4.74 Å². The predicted octanol–water partition coefficient (Wildman–Crippen LogP) is 3.18. The molecule has 1 rings (SSSR count). The summed E-state index contributed by atoms with van der Waals surface area (Å²) in [5.74, 6) is 1.68. The summed E-state index contributed by atoms with van der Waals surface area (Å²) in [6, 6.07) is 6.11. The van der Waals surface area contributed by atoms with Crippen LogP contribution in [-0.4, -0.2) is 13.0 Å². The number of hydrogen-bond acceptors (Lipinski definition) is 1. The van der Waals surface area contributed by atoms with Crippen molar-refractivity contribution >= 4 is 11.6 Å². The second-order valence-electron chi connectivity index (χ2n) is 3.05. The van der Waals surface area contributed by atoms with Crippen LogP contribution in [0.15, 0.2) is 18.2 Å². The molecule has 0 aliphatic rings. The Morgan fingerprint density at radius 1 is 1.38 bits per heavy atom. The van der Waals surface area contributed by atoms with E-state index in [-0.39, 0.29) is 0 Å². The van der Waals surface area contributed by atoms with E-state index in [0.717, 1.165) is 18.6 Å². The Bertz CT molecular complexity index is 271.